The summed E-state index contributed by atoms with van der Waals surface area (Å²) in [7, 11) is 1.72. The van der Waals surface area contributed by atoms with Crippen LogP contribution in [0.2, 0.25) is 0 Å². The summed E-state index contributed by atoms with van der Waals surface area (Å²) in [4.78, 5) is 35.3. The van der Waals surface area contributed by atoms with Crippen LogP contribution in [0.1, 0.15) is 27.6 Å². The van der Waals surface area contributed by atoms with Crippen molar-refractivity contribution in [1.29, 1.82) is 0 Å². The summed E-state index contributed by atoms with van der Waals surface area (Å²) < 4.78 is 0. The lowest BCUT2D eigenvalue weighted by Gasteiger charge is -2.34. The van der Waals surface area contributed by atoms with Crippen LogP contribution in [0.15, 0.2) is 48.8 Å². The first-order chi connectivity index (χ1) is 12.6. The van der Waals surface area contributed by atoms with E-state index >= 15 is 0 Å². The molecule has 136 valence electrons. The first kappa shape index (κ1) is 18.1. The summed E-state index contributed by atoms with van der Waals surface area (Å²) in [6.07, 6.45) is 3.04. The number of para-hydroxylation sites is 1. The summed E-state index contributed by atoms with van der Waals surface area (Å²) >= 11 is 0. The third-order valence-electron chi connectivity index (χ3n) is 4.79. The lowest BCUT2D eigenvalue weighted by molar-refractivity contribution is 0.0643. The van der Waals surface area contributed by atoms with Crippen LogP contribution in [0.5, 0.6) is 0 Å². The van der Waals surface area contributed by atoms with E-state index in [1.54, 1.807) is 18.0 Å². The molecular formula is C20H24N4O2. The Labute approximate surface area is 154 Å². The molecule has 2 amide bonds. The Bertz CT molecular complexity index is 770. The molecule has 3 rings (SSSR count). The van der Waals surface area contributed by atoms with E-state index in [0.717, 1.165) is 25.3 Å². The van der Waals surface area contributed by atoms with Gasteiger partial charge in [0.25, 0.3) is 11.8 Å². The van der Waals surface area contributed by atoms with Crippen molar-refractivity contribution in [3.05, 3.63) is 59.9 Å². The molecule has 0 radical (unpaired) electrons. The molecule has 6 heteroatoms. The molecule has 1 aromatic heterocycles. The van der Waals surface area contributed by atoms with Crippen LogP contribution in [0.4, 0.5) is 5.69 Å². The van der Waals surface area contributed by atoms with Gasteiger partial charge in [-0.3, -0.25) is 14.6 Å². The van der Waals surface area contributed by atoms with Gasteiger partial charge < -0.3 is 14.7 Å². The largest absolute Gasteiger partial charge is 0.336 e. The van der Waals surface area contributed by atoms with E-state index in [2.05, 4.69) is 16.8 Å². The summed E-state index contributed by atoms with van der Waals surface area (Å²) in [5.41, 5.74) is 1.67. The Kier molecular flexibility index (Phi) is 5.63. The Morgan fingerprint density at radius 2 is 1.69 bits per heavy atom. The molecule has 1 aliphatic rings. The maximum Gasteiger partial charge on any atom is 0.259 e. The standard InChI is InChI=1S/C20H24N4O2/c1-3-23-9-11-24(12-10-23)20(26)17-13-16(14-21-15-17)19(25)22(2)18-7-5-4-6-8-18/h4-8,13-15H,3,9-12H2,1-2H3. The summed E-state index contributed by atoms with van der Waals surface area (Å²) in [5.74, 6) is -0.251. The minimum absolute atomic E-state index is 0.0646. The number of piperazine rings is 1. The van der Waals surface area contributed by atoms with Crippen LogP contribution >= 0.6 is 0 Å². The molecule has 0 N–H and O–H groups in total. The number of aromatic nitrogens is 1. The molecule has 26 heavy (non-hydrogen) atoms. The number of carbonyl (C=O) groups is 2. The van der Waals surface area contributed by atoms with Crippen molar-refractivity contribution < 1.29 is 9.59 Å². The van der Waals surface area contributed by atoms with Crippen LogP contribution in [0.25, 0.3) is 0 Å². The number of pyridine rings is 1. The fourth-order valence-electron chi connectivity index (χ4n) is 3.09. The average molecular weight is 352 g/mol. The third kappa shape index (κ3) is 3.91. The molecule has 0 bridgehead atoms. The number of rotatable bonds is 4. The van der Waals surface area contributed by atoms with Crippen molar-refractivity contribution in [1.82, 2.24) is 14.8 Å². The summed E-state index contributed by atoms with van der Waals surface area (Å²) in [5, 5.41) is 0. The van der Waals surface area contributed by atoms with E-state index in [1.807, 2.05) is 35.2 Å². The molecule has 1 fully saturated rings. The van der Waals surface area contributed by atoms with Gasteiger partial charge in [-0.25, -0.2) is 0 Å². The van der Waals surface area contributed by atoms with Crippen LogP contribution in [-0.4, -0.2) is 66.4 Å². The second kappa shape index (κ2) is 8.10. The van der Waals surface area contributed by atoms with Crippen LogP contribution in [-0.2, 0) is 0 Å². The molecule has 2 heterocycles. The SMILES string of the molecule is CCN1CCN(C(=O)c2cncc(C(=O)N(C)c3ccccc3)c2)CC1. The number of nitrogens with zero attached hydrogens (tertiary/aromatic N) is 4. The van der Waals surface area contributed by atoms with Crippen LogP contribution in [0, 0.1) is 0 Å². The van der Waals surface area contributed by atoms with E-state index in [-0.39, 0.29) is 11.8 Å². The van der Waals surface area contributed by atoms with E-state index in [0.29, 0.717) is 24.2 Å². The van der Waals surface area contributed by atoms with Gasteiger partial charge >= 0.3 is 0 Å². The lowest BCUT2D eigenvalue weighted by atomic mass is 10.1. The minimum atomic E-state index is -0.186. The second-order valence-electron chi connectivity index (χ2n) is 6.39. The van der Waals surface area contributed by atoms with Crippen LogP contribution in [0.3, 0.4) is 0 Å². The molecule has 0 atom stereocenters. The minimum Gasteiger partial charge on any atom is -0.336 e. The maximum atomic E-state index is 12.8. The van der Waals surface area contributed by atoms with Crippen LogP contribution < -0.4 is 4.90 Å². The molecule has 1 saturated heterocycles. The highest BCUT2D eigenvalue weighted by Gasteiger charge is 2.23. The monoisotopic (exact) mass is 352 g/mol. The molecule has 1 aromatic carbocycles. The van der Waals surface area contributed by atoms with E-state index in [9.17, 15) is 9.59 Å². The summed E-state index contributed by atoms with van der Waals surface area (Å²) in [6.45, 7) is 6.29. The second-order valence-corrected chi connectivity index (χ2v) is 6.39. The molecule has 1 aliphatic heterocycles. The molecule has 2 aromatic rings. The zero-order chi connectivity index (χ0) is 18.5. The van der Waals surface area contributed by atoms with Crippen molar-refractivity contribution in [3.8, 4) is 0 Å². The number of benzene rings is 1. The van der Waals surface area contributed by atoms with Gasteiger partial charge in [-0.05, 0) is 24.7 Å². The molecule has 0 aliphatic carbocycles. The molecule has 6 nitrogen and oxygen atoms in total. The van der Waals surface area contributed by atoms with Gasteiger partial charge in [0, 0.05) is 51.3 Å². The number of likely N-dealkylation sites (N-methyl/N-ethyl adjacent to an activating group) is 1. The van der Waals surface area contributed by atoms with E-state index in [4.69, 9.17) is 0 Å². The zero-order valence-corrected chi connectivity index (χ0v) is 15.3. The Morgan fingerprint density at radius 3 is 2.35 bits per heavy atom. The first-order valence-corrected chi connectivity index (χ1v) is 8.90. The highest BCUT2D eigenvalue weighted by Crippen LogP contribution is 2.16. The van der Waals surface area contributed by atoms with Crippen molar-refractivity contribution in [3.63, 3.8) is 0 Å². The fraction of sp³-hybridized carbons (Fsp3) is 0.350. The van der Waals surface area contributed by atoms with Crippen molar-refractivity contribution in [2.24, 2.45) is 0 Å². The number of anilines is 1. The predicted octanol–water partition coefficient (Wildman–Crippen LogP) is 2.14. The van der Waals surface area contributed by atoms with Gasteiger partial charge in [-0.2, -0.15) is 0 Å². The summed E-state index contributed by atoms with van der Waals surface area (Å²) in [6, 6.07) is 11.0. The number of hydrogen-bond acceptors (Lipinski definition) is 4. The van der Waals surface area contributed by atoms with Crippen molar-refractivity contribution >= 4 is 17.5 Å². The van der Waals surface area contributed by atoms with Gasteiger partial charge in [-0.1, -0.05) is 25.1 Å². The quantitative estimate of drug-likeness (QED) is 0.846. The van der Waals surface area contributed by atoms with Gasteiger partial charge in [0.2, 0.25) is 0 Å². The molecule has 0 saturated carbocycles. The fourth-order valence-corrected chi connectivity index (χ4v) is 3.09. The Hall–Kier alpha value is -2.73. The Balaban J connectivity index is 1.74. The molecule has 0 unspecified atom stereocenters. The topological polar surface area (TPSA) is 56.8 Å². The third-order valence-corrected chi connectivity index (χ3v) is 4.79. The Morgan fingerprint density at radius 1 is 1.04 bits per heavy atom. The van der Waals surface area contributed by atoms with Crippen molar-refractivity contribution in [2.45, 2.75) is 6.92 Å². The first-order valence-electron chi connectivity index (χ1n) is 8.90. The van der Waals surface area contributed by atoms with Gasteiger partial charge in [0.1, 0.15) is 0 Å². The predicted molar refractivity (Wildman–Crippen MR) is 101 cm³/mol. The molecular weight excluding hydrogens is 328 g/mol. The average Bonchev–Trinajstić information content (AvgIpc) is 2.73. The van der Waals surface area contributed by atoms with Crippen molar-refractivity contribution in [2.75, 3.05) is 44.7 Å². The van der Waals surface area contributed by atoms with Gasteiger partial charge in [-0.15, -0.1) is 0 Å². The maximum absolute atomic E-state index is 12.8. The number of carbonyl (C=O) groups excluding carboxylic acids is 2. The molecule has 0 spiro atoms. The normalized spacial score (nSPS) is 14.9. The lowest BCUT2D eigenvalue weighted by Crippen LogP contribution is -2.48. The number of hydrogen-bond donors (Lipinski definition) is 0. The van der Waals surface area contributed by atoms with E-state index in [1.165, 1.54) is 12.4 Å². The van der Waals surface area contributed by atoms with E-state index < -0.39 is 0 Å². The van der Waals surface area contributed by atoms with Gasteiger partial charge in [0.05, 0.1) is 11.1 Å². The smallest absolute Gasteiger partial charge is 0.259 e. The number of amides is 2. The highest BCUT2D eigenvalue weighted by atomic mass is 16.2. The zero-order valence-electron chi connectivity index (χ0n) is 15.3. The highest BCUT2D eigenvalue weighted by molar-refractivity contribution is 6.07. The van der Waals surface area contributed by atoms with Gasteiger partial charge in [0.15, 0.2) is 0 Å².